The van der Waals surface area contributed by atoms with Gasteiger partial charge in [-0.25, -0.2) is 4.79 Å². The predicted molar refractivity (Wildman–Crippen MR) is 111 cm³/mol. The van der Waals surface area contributed by atoms with Gasteiger partial charge in [-0.2, -0.15) is 0 Å². The Kier molecular flexibility index (Phi) is 8.89. The fraction of sp³-hybridized carbons (Fsp3) is 0.348. The Hall–Kier alpha value is -3.15. The van der Waals surface area contributed by atoms with E-state index in [9.17, 15) is 14.4 Å². The van der Waals surface area contributed by atoms with Gasteiger partial charge in [0.05, 0.1) is 6.42 Å². The minimum atomic E-state index is -0.802. The molecule has 6 heteroatoms. The van der Waals surface area contributed by atoms with Crippen LogP contribution in [-0.2, 0) is 32.0 Å². The molecule has 0 saturated heterocycles. The van der Waals surface area contributed by atoms with E-state index in [1.54, 1.807) is 0 Å². The van der Waals surface area contributed by atoms with Gasteiger partial charge in [0.25, 0.3) is 5.91 Å². The lowest BCUT2D eigenvalue weighted by atomic mass is 10.0. The van der Waals surface area contributed by atoms with Crippen molar-refractivity contribution >= 4 is 17.8 Å². The van der Waals surface area contributed by atoms with Crippen LogP contribution < -0.4 is 10.6 Å². The number of amides is 2. The molecule has 0 aliphatic rings. The van der Waals surface area contributed by atoms with E-state index in [1.165, 1.54) is 0 Å². The first kappa shape index (κ1) is 22.1. The van der Waals surface area contributed by atoms with Crippen molar-refractivity contribution in [3.63, 3.8) is 0 Å². The van der Waals surface area contributed by atoms with Crippen molar-refractivity contribution in [3.05, 3.63) is 71.8 Å². The quantitative estimate of drug-likeness (QED) is 0.604. The van der Waals surface area contributed by atoms with E-state index in [2.05, 4.69) is 10.6 Å². The lowest BCUT2D eigenvalue weighted by Gasteiger charge is -2.20. The summed E-state index contributed by atoms with van der Waals surface area (Å²) in [5.74, 6) is -1.41. The maximum Gasteiger partial charge on any atom is 0.329 e. The number of nitrogens with one attached hydrogen (secondary N) is 2. The number of hydrogen-bond acceptors (Lipinski definition) is 4. The summed E-state index contributed by atoms with van der Waals surface area (Å²) in [4.78, 5) is 36.5. The van der Waals surface area contributed by atoms with Gasteiger partial charge in [-0.05, 0) is 23.5 Å². The molecular formula is C23H28N2O4. The zero-order valence-corrected chi connectivity index (χ0v) is 16.9. The summed E-state index contributed by atoms with van der Waals surface area (Å²) >= 11 is 0. The molecule has 0 bridgehead atoms. The van der Waals surface area contributed by atoms with Crippen LogP contribution in [0, 0.1) is 5.92 Å². The maximum absolute atomic E-state index is 12.4. The van der Waals surface area contributed by atoms with Crippen molar-refractivity contribution in [3.8, 4) is 0 Å². The topological polar surface area (TPSA) is 84.5 Å². The largest absolute Gasteiger partial charge is 0.454 e. The standard InChI is InChI=1S/C23H28N2O4/c1-17(2)22(25-20(26)15-19-11-7-4-8-12-19)23(28)29-16-21(27)24-14-13-18-9-5-3-6-10-18/h3-12,17,22H,13-16H2,1-2H3,(H,24,27)(H,25,26). The molecule has 1 unspecified atom stereocenters. The van der Waals surface area contributed by atoms with Crippen LogP contribution in [0.1, 0.15) is 25.0 Å². The highest BCUT2D eigenvalue weighted by Gasteiger charge is 2.26. The van der Waals surface area contributed by atoms with E-state index >= 15 is 0 Å². The Morgan fingerprint density at radius 2 is 1.45 bits per heavy atom. The summed E-state index contributed by atoms with van der Waals surface area (Å²) in [6.45, 7) is 3.72. The second-order valence-electron chi connectivity index (χ2n) is 7.14. The van der Waals surface area contributed by atoms with Gasteiger partial charge < -0.3 is 15.4 Å². The fourth-order valence-corrected chi connectivity index (χ4v) is 2.77. The van der Waals surface area contributed by atoms with E-state index in [-0.39, 0.29) is 30.8 Å². The molecule has 2 aromatic rings. The molecule has 0 heterocycles. The van der Waals surface area contributed by atoms with Crippen molar-refractivity contribution in [2.75, 3.05) is 13.2 Å². The number of esters is 1. The molecular weight excluding hydrogens is 368 g/mol. The summed E-state index contributed by atoms with van der Waals surface area (Å²) in [6, 6.07) is 18.3. The monoisotopic (exact) mass is 396 g/mol. The van der Waals surface area contributed by atoms with Gasteiger partial charge in [0.2, 0.25) is 5.91 Å². The molecule has 2 N–H and O–H groups in total. The van der Waals surface area contributed by atoms with E-state index < -0.39 is 12.0 Å². The number of carbonyl (C=O) groups excluding carboxylic acids is 3. The molecule has 6 nitrogen and oxygen atoms in total. The molecule has 154 valence electrons. The lowest BCUT2D eigenvalue weighted by Crippen LogP contribution is -2.46. The third-order valence-electron chi connectivity index (χ3n) is 4.37. The average molecular weight is 396 g/mol. The summed E-state index contributed by atoms with van der Waals surface area (Å²) in [5.41, 5.74) is 1.98. The minimum absolute atomic E-state index is 0.164. The van der Waals surface area contributed by atoms with Gasteiger partial charge in [-0.1, -0.05) is 74.5 Å². The SMILES string of the molecule is CC(C)C(NC(=O)Cc1ccccc1)C(=O)OCC(=O)NCCc1ccccc1. The van der Waals surface area contributed by atoms with Crippen molar-refractivity contribution in [2.45, 2.75) is 32.7 Å². The number of carbonyl (C=O) groups is 3. The third kappa shape index (κ3) is 8.17. The Labute approximate surface area is 171 Å². The van der Waals surface area contributed by atoms with E-state index in [1.807, 2.05) is 74.5 Å². The van der Waals surface area contributed by atoms with Gasteiger partial charge in [-0.15, -0.1) is 0 Å². The van der Waals surface area contributed by atoms with E-state index in [0.29, 0.717) is 13.0 Å². The van der Waals surface area contributed by atoms with Crippen molar-refractivity contribution < 1.29 is 19.1 Å². The van der Waals surface area contributed by atoms with Gasteiger partial charge in [0, 0.05) is 6.54 Å². The molecule has 0 spiro atoms. The molecule has 0 saturated carbocycles. The highest BCUT2D eigenvalue weighted by Crippen LogP contribution is 2.06. The molecule has 0 fully saturated rings. The van der Waals surface area contributed by atoms with Crippen LogP contribution in [0.2, 0.25) is 0 Å². The van der Waals surface area contributed by atoms with E-state index in [0.717, 1.165) is 11.1 Å². The van der Waals surface area contributed by atoms with Crippen molar-refractivity contribution in [1.82, 2.24) is 10.6 Å². The molecule has 1 atom stereocenters. The highest BCUT2D eigenvalue weighted by molar-refractivity contribution is 5.87. The Morgan fingerprint density at radius 3 is 2.03 bits per heavy atom. The Bertz CT molecular complexity index is 791. The van der Waals surface area contributed by atoms with Gasteiger partial charge in [0.1, 0.15) is 6.04 Å². The number of ether oxygens (including phenoxy) is 1. The lowest BCUT2D eigenvalue weighted by molar-refractivity contribution is -0.152. The summed E-state index contributed by atoms with van der Waals surface area (Å²) in [6.07, 6.45) is 0.877. The van der Waals surface area contributed by atoms with E-state index in [4.69, 9.17) is 4.74 Å². The normalized spacial score (nSPS) is 11.6. The van der Waals surface area contributed by atoms with Crippen LogP contribution in [-0.4, -0.2) is 37.0 Å². The van der Waals surface area contributed by atoms with Gasteiger partial charge >= 0.3 is 5.97 Å². The predicted octanol–water partition coefficient (Wildman–Crippen LogP) is 2.27. The summed E-state index contributed by atoms with van der Waals surface area (Å²) in [7, 11) is 0. The smallest absolute Gasteiger partial charge is 0.329 e. The fourth-order valence-electron chi connectivity index (χ4n) is 2.77. The van der Waals surface area contributed by atoms with Crippen LogP contribution >= 0.6 is 0 Å². The number of rotatable bonds is 10. The van der Waals surface area contributed by atoms with Crippen LogP contribution in [0.15, 0.2) is 60.7 Å². The minimum Gasteiger partial charge on any atom is -0.454 e. The molecule has 0 radical (unpaired) electrons. The van der Waals surface area contributed by atoms with Crippen LogP contribution in [0.25, 0.3) is 0 Å². The van der Waals surface area contributed by atoms with Crippen molar-refractivity contribution in [1.29, 1.82) is 0 Å². The first-order valence-corrected chi connectivity index (χ1v) is 9.76. The molecule has 2 amide bonds. The molecule has 0 aromatic heterocycles. The first-order chi connectivity index (χ1) is 14.0. The molecule has 29 heavy (non-hydrogen) atoms. The zero-order valence-electron chi connectivity index (χ0n) is 16.9. The summed E-state index contributed by atoms with van der Waals surface area (Å²) < 4.78 is 5.12. The molecule has 2 aromatic carbocycles. The van der Waals surface area contributed by atoms with Crippen molar-refractivity contribution in [2.24, 2.45) is 5.92 Å². The molecule has 0 aliphatic carbocycles. The maximum atomic E-state index is 12.4. The average Bonchev–Trinajstić information content (AvgIpc) is 2.71. The highest BCUT2D eigenvalue weighted by atomic mass is 16.5. The van der Waals surface area contributed by atoms with Crippen LogP contribution in [0.3, 0.4) is 0 Å². The molecule has 2 rings (SSSR count). The second kappa shape index (κ2) is 11.6. The number of benzene rings is 2. The van der Waals surface area contributed by atoms with Gasteiger partial charge in [0.15, 0.2) is 6.61 Å². The zero-order chi connectivity index (χ0) is 21.1. The van der Waals surface area contributed by atoms with Gasteiger partial charge in [-0.3, -0.25) is 9.59 Å². The first-order valence-electron chi connectivity index (χ1n) is 9.76. The van der Waals surface area contributed by atoms with Crippen LogP contribution in [0.5, 0.6) is 0 Å². The Balaban J connectivity index is 1.75. The second-order valence-corrected chi connectivity index (χ2v) is 7.14. The van der Waals surface area contributed by atoms with Crippen LogP contribution in [0.4, 0.5) is 0 Å². The summed E-state index contributed by atoms with van der Waals surface area (Å²) in [5, 5.41) is 5.43. The third-order valence-corrected chi connectivity index (χ3v) is 4.37. The molecule has 0 aliphatic heterocycles. The number of hydrogen-bond donors (Lipinski definition) is 2. The Morgan fingerprint density at radius 1 is 0.862 bits per heavy atom.